The molecule has 0 atom stereocenters. The first-order chi connectivity index (χ1) is 9.81. The van der Waals surface area contributed by atoms with Gasteiger partial charge in [-0.15, -0.1) is 5.10 Å². The maximum absolute atomic E-state index is 5.91. The Morgan fingerprint density at radius 2 is 1.95 bits per heavy atom. The Labute approximate surface area is 118 Å². The summed E-state index contributed by atoms with van der Waals surface area (Å²) in [6, 6.07) is 4.39. The molecule has 1 aliphatic heterocycles. The molecule has 20 heavy (non-hydrogen) atoms. The number of H-pyrrole nitrogens is 1. The lowest BCUT2D eigenvalue weighted by molar-refractivity contribution is 0.496. The summed E-state index contributed by atoms with van der Waals surface area (Å²) in [4.78, 5) is 10.8. The van der Waals surface area contributed by atoms with Gasteiger partial charge in [-0.2, -0.15) is 4.98 Å². The fourth-order valence-electron chi connectivity index (χ4n) is 2.45. The molecular weight excluding hydrogens is 252 g/mol. The van der Waals surface area contributed by atoms with Crippen molar-refractivity contribution in [1.29, 1.82) is 0 Å². The molecule has 3 N–H and O–H groups in total. The lowest BCUT2D eigenvalue weighted by atomic mass is 10.1. The van der Waals surface area contributed by atoms with Crippen LogP contribution >= 0.6 is 0 Å². The second kappa shape index (κ2) is 6.00. The topological polar surface area (TPSA) is 83.7 Å². The lowest BCUT2D eigenvalue weighted by Crippen LogP contribution is -2.40. The average molecular weight is 272 g/mol. The summed E-state index contributed by atoms with van der Waals surface area (Å²) in [6.07, 6.45) is 7.48. The predicted octanol–water partition coefficient (Wildman–Crippen LogP) is 0.912. The molecule has 1 aliphatic rings. The van der Waals surface area contributed by atoms with Crippen LogP contribution in [-0.4, -0.2) is 39.3 Å². The lowest BCUT2D eigenvalue weighted by Gasteiger charge is -2.28. The van der Waals surface area contributed by atoms with Gasteiger partial charge in [0.05, 0.1) is 0 Å². The molecule has 6 heteroatoms. The van der Waals surface area contributed by atoms with Gasteiger partial charge in [-0.1, -0.05) is 0 Å². The number of aromatic nitrogens is 4. The Bertz CT molecular complexity index is 530. The minimum absolute atomic E-state index is 0.330. The first-order valence-electron chi connectivity index (χ1n) is 7.12. The van der Waals surface area contributed by atoms with E-state index < -0.39 is 0 Å². The molecule has 0 aliphatic carbocycles. The molecule has 3 rings (SSSR count). The summed E-state index contributed by atoms with van der Waals surface area (Å²) in [5, 5.41) is 7.35. The van der Waals surface area contributed by atoms with Gasteiger partial charge in [-0.3, -0.25) is 10.1 Å². The quantitative estimate of drug-likeness (QED) is 0.864. The van der Waals surface area contributed by atoms with Crippen LogP contribution in [0.25, 0.3) is 0 Å². The van der Waals surface area contributed by atoms with Crippen molar-refractivity contribution in [2.75, 3.05) is 18.0 Å². The number of nitrogens with zero attached hydrogens (tertiary/aromatic N) is 4. The summed E-state index contributed by atoms with van der Waals surface area (Å²) in [5.41, 5.74) is 7.18. The molecule has 0 unspecified atom stereocenters. The Hall–Kier alpha value is -1.95. The summed E-state index contributed by atoms with van der Waals surface area (Å²) in [6.45, 7) is 1.89. The Morgan fingerprint density at radius 1 is 1.20 bits per heavy atom. The number of hydrogen-bond donors (Lipinski definition) is 2. The standard InChI is InChI=1S/C14H20N6/c15-12-5-9-20(10-6-12)14-17-13(18-19-14)2-1-11-3-7-16-8-4-11/h3-4,7-8,12H,1-2,5-6,9-10,15H2,(H,17,18,19). The van der Waals surface area contributed by atoms with Crippen LogP contribution < -0.4 is 10.6 Å². The number of piperidine rings is 1. The van der Waals surface area contributed by atoms with Crippen molar-refractivity contribution in [3.8, 4) is 0 Å². The maximum Gasteiger partial charge on any atom is 0.244 e. The van der Waals surface area contributed by atoms with Gasteiger partial charge in [-0.05, 0) is 37.0 Å². The zero-order valence-corrected chi connectivity index (χ0v) is 11.5. The summed E-state index contributed by atoms with van der Waals surface area (Å²) >= 11 is 0. The van der Waals surface area contributed by atoms with Crippen LogP contribution in [0.2, 0.25) is 0 Å². The van der Waals surface area contributed by atoms with E-state index in [-0.39, 0.29) is 0 Å². The molecule has 2 aromatic rings. The number of hydrogen-bond acceptors (Lipinski definition) is 5. The highest BCUT2D eigenvalue weighted by atomic mass is 15.4. The second-order valence-electron chi connectivity index (χ2n) is 5.26. The number of pyridine rings is 1. The largest absolute Gasteiger partial charge is 0.339 e. The zero-order valence-electron chi connectivity index (χ0n) is 11.5. The highest BCUT2D eigenvalue weighted by Crippen LogP contribution is 2.15. The van der Waals surface area contributed by atoms with Crippen molar-refractivity contribution in [2.24, 2.45) is 5.73 Å². The van der Waals surface area contributed by atoms with E-state index in [0.29, 0.717) is 6.04 Å². The van der Waals surface area contributed by atoms with E-state index in [0.717, 1.165) is 50.5 Å². The monoisotopic (exact) mass is 272 g/mol. The molecule has 0 radical (unpaired) electrons. The highest BCUT2D eigenvalue weighted by molar-refractivity contribution is 5.29. The van der Waals surface area contributed by atoms with E-state index in [1.54, 1.807) is 0 Å². The van der Waals surface area contributed by atoms with E-state index in [4.69, 9.17) is 5.73 Å². The van der Waals surface area contributed by atoms with Crippen molar-refractivity contribution in [3.05, 3.63) is 35.9 Å². The molecule has 0 spiro atoms. The van der Waals surface area contributed by atoms with Gasteiger partial charge in [0.1, 0.15) is 5.82 Å². The van der Waals surface area contributed by atoms with Crippen LogP contribution in [0.15, 0.2) is 24.5 Å². The van der Waals surface area contributed by atoms with Crippen LogP contribution in [0, 0.1) is 0 Å². The number of aromatic amines is 1. The van der Waals surface area contributed by atoms with E-state index >= 15 is 0 Å². The third-order valence-corrected chi connectivity index (χ3v) is 3.74. The molecule has 1 fully saturated rings. The molecule has 1 saturated heterocycles. The van der Waals surface area contributed by atoms with Gasteiger partial charge in [0.15, 0.2) is 0 Å². The minimum atomic E-state index is 0.330. The van der Waals surface area contributed by atoms with E-state index in [9.17, 15) is 0 Å². The predicted molar refractivity (Wildman–Crippen MR) is 77.5 cm³/mol. The van der Waals surface area contributed by atoms with Gasteiger partial charge in [0.25, 0.3) is 0 Å². The normalized spacial score (nSPS) is 16.6. The van der Waals surface area contributed by atoms with Gasteiger partial charge >= 0.3 is 0 Å². The molecule has 106 valence electrons. The highest BCUT2D eigenvalue weighted by Gasteiger charge is 2.19. The number of aryl methyl sites for hydroxylation is 2. The van der Waals surface area contributed by atoms with Crippen LogP contribution in [0.4, 0.5) is 5.95 Å². The molecular formula is C14H20N6. The SMILES string of the molecule is NC1CCN(c2n[nH]c(CCc3ccncc3)n2)CC1. The van der Waals surface area contributed by atoms with Gasteiger partial charge in [0.2, 0.25) is 5.95 Å². The van der Waals surface area contributed by atoms with Crippen molar-refractivity contribution in [3.63, 3.8) is 0 Å². The van der Waals surface area contributed by atoms with E-state index in [1.165, 1.54) is 5.56 Å². The van der Waals surface area contributed by atoms with Crippen molar-refractivity contribution in [1.82, 2.24) is 20.2 Å². The fourth-order valence-corrected chi connectivity index (χ4v) is 2.45. The third kappa shape index (κ3) is 3.14. The molecule has 6 nitrogen and oxygen atoms in total. The molecule has 0 amide bonds. The van der Waals surface area contributed by atoms with Crippen LogP contribution in [0.3, 0.4) is 0 Å². The maximum atomic E-state index is 5.91. The third-order valence-electron chi connectivity index (χ3n) is 3.74. The van der Waals surface area contributed by atoms with E-state index in [1.807, 2.05) is 24.5 Å². The number of rotatable bonds is 4. The zero-order chi connectivity index (χ0) is 13.8. The Morgan fingerprint density at radius 3 is 2.70 bits per heavy atom. The first-order valence-corrected chi connectivity index (χ1v) is 7.12. The summed E-state index contributed by atoms with van der Waals surface area (Å²) < 4.78 is 0. The van der Waals surface area contributed by atoms with Crippen molar-refractivity contribution in [2.45, 2.75) is 31.7 Å². The Balaban J connectivity index is 1.57. The molecule has 3 heterocycles. The molecule has 0 saturated carbocycles. The fraction of sp³-hybridized carbons (Fsp3) is 0.500. The Kier molecular flexibility index (Phi) is 3.92. The van der Waals surface area contributed by atoms with Crippen LogP contribution in [0.5, 0.6) is 0 Å². The van der Waals surface area contributed by atoms with Crippen molar-refractivity contribution >= 4 is 5.95 Å². The van der Waals surface area contributed by atoms with Gasteiger partial charge < -0.3 is 10.6 Å². The smallest absolute Gasteiger partial charge is 0.244 e. The minimum Gasteiger partial charge on any atom is -0.339 e. The van der Waals surface area contributed by atoms with Crippen LogP contribution in [-0.2, 0) is 12.8 Å². The summed E-state index contributed by atoms with van der Waals surface area (Å²) in [5.74, 6) is 1.74. The average Bonchev–Trinajstić information content (AvgIpc) is 2.96. The molecule has 0 bridgehead atoms. The van der Waals surface area contributed by atoms with Crippen LogP contribution in [0.1, 0.15) is 24.2 Å². The second-order valence-corrected chi connectivity index (χ2v) is 5.26. The number of anilines is 1. The van der Waals surface area contributed by atoms with Gasteiger partial charge in [0, 0.05) is 37.9 Å². The number of nitrogens with one attached hydrogen (secondary N) is 1. The van der Waals surface area contributed by atoms with E-state index in [2.05, 4.69) is 25.1 Å². The number of nitrogens with two attached hydrogens (primary N) is 1. The molecule has 2 aromatic heterocycles. The summed E-state index contributed by atoms with van der Waals surface area (Å²) in [7, 11) is 0. The van der Waals surface area contributed by atoms with Gasteiger partial charge in [-0.25, -0.2) is 0 Å². The van der Waals surface area contributed by atoms with Crippen molar-refractivity contribution < 1.29 is 0 Å². The first kappa shape index (κ1) is 13.1. The molecule has 0 aromatic carbocycles.